The molecule has 1 N–H and O–H groups in total. The van der Waals surface area contributed by atoms with Crippen LogP contribution in [0, 0.1) is 10.1 Å². The number of nitrogens with one attached hydrogen (secondary N) is 1. The molecule has 0 unspecified atom stereocenters. The molecule has 27 heavy (non-hydrogen) atoms. The van der Waals surface area contributed by atoms with Crippen molar-refractivity contribution in [1.82, 2.24) is 9.62 Å². The van der Waals surface area contributed by atoms with Gasteiger partial charge in [-0.3, -0.25) is 20.2 Å². The van der Waals surface area contributed by atoms with Crippen molar-refractivity contribution < 1.29 is 32.4 Å². The van der Waals surface area contributed by atoms with Crippen LogP contribution in [-0.2, 0) is 19.6 Å². The Morgan fingerprint density at radius 3 is 2.37 bits per heavy atom. The first-order valence-corrected chi connectivity index (χ1v) is 9.49. The number of hydrogen-bond donors (Lipinski definition) is 1. The Morgan fingerprint density at radius 2 is 1.85 bits per heavy atom. The van der Waals surface area contributed by atoms with Crippen LogP contribution >= 0.6 is 0 Å². The highest BCUT2D eigenvalue weighted by molar-refractivity contribution is 7.89. The highest BCUT2D eigenvalue weighted by atomic mass is 32.2. The van der Waals surface area contributed by atoms with E-state index in [0.29, 0.717) is 0 Å². The van der Waals surface area contributed by atoms with Crippen LogP contribution in [-0.4, -0.2) is 56.0 Å². The van der Waals surface area contributed by atoms with Crippen LogP contribution in [0.4, 0.5) is 10.5 Å². The average molecular weight is 403 g/mol. The number of rotatable bonds is 9. The summed E-state index contributed by atoms with van der Waals surface area (Å²) in [6, 6.07) is 3.11. The largest absolute Gasteiger partial charge is 0.477 e. The lowest BCUT2D eigenvalue weighted by Crippen LogP contribution is -2.34. The summed E-state index contributed by atoms with van der Waals surface area (Å²) >= 11 is 0. The molecule has 0 aliphatic rings. The summed E-state index contributed by atoms with van der Waals surface area (Å²) in [5.74, 6) is -1.18. The molecule has 1 aromatic rings. The van der Waals surface area contributed by atoms with Crippen molar-refractivity contribution in [2.24, 2.45) is 0 Å². The van der Waals surface area contributed by atoms with E-state index < -0.39 is 39.2 Å². The Kier molecular flexibility index (Phi) is 8.12. The molecule has 0 atom stereocenters. The number of amides is 2. The van der Waals surface area contributed by atoms with Crippen LogP contribution in [0.25, 0.3) is 0 Å². The Hall–Kier alpha value is -2.73. The van der Waals surface area contributed by atoms with Gasteiger partial charge >= 0.3 is 11.8 Å². The van der Waals surface area contributed by atoms with E-state index in [1.54, 1.807) is 20.8 Å². The Balaban J connectivity index is 3.02. The van der Waals surface area contributed by atoms with Crippen molar-refractivity contribution in [1.29, 1.82) is 0 Å². The van der Waals surface area contributed by atoms with Crippen molar-refractivity contribution in [3.05, 3.63) is 28.3 Å². The van der Waals surface area contributed by atoms with Crippen LogP contribution < -0.4 is 10.1 Å². The first kappa shape index (κ1) is 22.3. The molecular weight excluding hydrogens is 382 g/mol. The molecule has 12 heteroatoms. The summed E-state index contributed by atoms with van der Waals surface area (Å²) < 4.78 is 35.7. The quantitative estimate of drug-likeness (QED) is 0.479. The number of benzene rings is 1. The van der Waals surface area contributed by atoms with Gasteiger partial charge in [-0.15, -0.1) is 0 Å². The average Bonchev–Trinajstić information content (AvgIpc) is 2.60. The SMILES string of the molecule is CCOC(=O)NC(=O)COc1ccc(S(=O)(=O)N(CC)CC)cc1[N+](=O)[O-]. The van der Waals surface area contributed by atoms with Gasteiger partial charge in [0.25, 0.3) is 5.91 Å². The van der Waals surface area contributed by atoms with Gasteiger partial charge in [0, 0.05) is 19.2 Å². The third-order valence-electron chi connectivity index (χ3n) is 3.35. The molecule has 0 heterocycles. The summed E-state index contributed by atoms with van der Waals surface area (Å²) in [6.45, 7) is 4.63. The summed E-state index contributed by atoms with van der Waals surface area (Å²) in [5, 5.41) is 13.1. The zero-order valence-corrected chi connectivity index (χ0v) is 15.9. The minimum atomic E-state index is -3.89. The number of nitro benzene ring substituents is 1. The van der Waals surface area contributed by atoms with Gasteiger partial charge in [-0.05, 0) is 19.1 Å². The van der Waals surface area contributed by atoms with E-state index in [1.807, 2.05) is 5.32 Å². The van der Waals surface area contributed by atoms with Gasteiger partial charge in [0.05, 0.1) is 16.4 Å². The number of carbonyl (C=O) groups is 2. The second kappa shape index (κ2) is 9.83. The van der Waals surface area contributed by atoms with Gasteiger partial charge in [-0.2, -0.15) is 4.31 Å². The van der Waals surface area contributed by atoms with Gasteiger partial charge in [0.1, 0.15) is 0 Å². The molecule has 0 spiro atoms. The molecule has 0 radical (unpaired) electrons. The fourth-order valence-corrected chi connectivity index (χ4v) is 3.57. The van der Waals surface area contributed by atoms with Crippen molar-refractivity contribution >= 4 is 27.7 Å². The number of alkyl carbamates (subject to hydrolysis) is 1. The molecule has 1 rings (SSSR count). The van der Waals surface area contributed by atoms with E-state index in [0.717, 1.165) is 22.5 Å². The summed E-state index contributed by atoms with van der Waals surface area (Å²) in [6.07, 6.45) is -0.971. The number of sulfonamides is 1. The van der Waals surface area contributed by atoms with E-state index in [9.17, 15) is 28.1 Å². The van der Waals surface area contributed by atoms with Crippen LogP contribution in [0.2, 0.25) is 0 Å². The Morgan fingerprint density at radius 1 is 1.22 bits per heavy atom. The fraction of sp³-hybridized carbons (Fsp3) is 0.467. The third kappa shape index (κ3) is 5.89. The molecule has 0 aliphatic carbocycles. The van der Waals surface area contributed by atoms with Crippen LogP contribution in [0.15, 0.2) is 23.1 Å². The molecule has 1 aromatic carbocycles. The summed E-state index contributed by atoms with van der Waals surface area (Å²) in [7, 11) is -3.89. The second-order valence-corrected chi connectivity index (χ2v) is 6.97. The lowest BCUT2D eigenvalue weighted by atomic mass is 10.3. The third-order valence-corrected chi connectivity index (χ3v) is 5.39. The first-order chi connectivity index (χ1) is 12.7. The summed E-state index contributed by atoms with van der Waals surface area (Å²) in [4.78, 5) is 32.9. The fourth-order valence-electron chi connectivity index (χ4n) is 2.10. The number of nitro groups is 1. The van der Waals surface area contributed by atoms with Gasteiger partial charge in [-0.25, -0.2) is 13.2 Å². The number of nitrogens with zero attached hydrogens (tertiary/aromatic N) is 2. The highest BCUT2D eigenvalue weighted by Crippen LogP contribution is 2.30. The van der Waals surface area contributed by atoms with Crippen LogP contribution in [0.5, 0.6) is 5.75 Å². The minimum Gasteiger partial charge on any atom is -0.477 e. The van der Waals surface area contributed by atoms with E-state index in [2.05, 4.69) is 4.74 Å². The second-order valence-electron chi connectivity index (χ2n) is 5.03. The molecule has 11 nitrogen and oxygen atoms in total. The van der Waals surface area contributed by atoms with E-state index >= 15 is 0 Å². The molecule has 0 saturated carbocycles. The maximum absolute atomic E-state index is 12.5. The predicted molar refractivity (Wildman–Crippen MR) is 93.9 cm³/mol. The van der Waals surface area contributed by atoms with Gasteiger partial charge < -0.3 is 9.47 Å². The van der Waals surface area contributed by atoms with E-state index in [4.69, 9.17) is 4.74 Å². The number of carbonyl (C=O) groups excluding carboxylic acids is 2. The van der Waals surface area contributed by atoms with Crippen molar-refractivity contribution in [3.8, 4) is 5.75 Å². The number of ether oxygens (including phenoxy) is 2. The van der Waals surface area contributed by atoms with Crippen LogP contribution in [0.3, 0.4) is 0 Å². The monoisotopic (exact) mass is 403 g/mol. The van der Waals surface area contributed by atoms with E-state index in [-0.39, 0.29) is 30.3 Å². The maximum Gasteiger partial charge on any atom is 0.413 e. The first-order valence-electron chi connectivity index (χ1n) is 8.05. The number of imide groups is 1. The van der Waals surface area contributed by atoms with Crippen molar-refractivity contribution in [2.45, 2.75) is 25.7 Å². The maximum atomic E-state index is 12.5. The van der Waals surface area contributed by atoms with E-state index in [1.165, 1.54) is 0 Å². The molecule has 2 amide bonds. The topological polar surface area (TPSA) is 145 Å². The van der Waals surface area contributed by atoms with Crippen LogP contribution in [0.1, 0.15) is 20.8 Å². The highest BCUT2D eigenvalue weighted by Gasteiger charge is 2.26. The molecule has 0 aromatic heterocycles. The molecule has 0 bridgehead atoms. The van der Waals surface area contributed by atoms with Gasteiger partial charge in [0.2, 0.25) is 10.0 Å². The number of hydrogen-bond acceptors (Lipinski definition) is 8. The molecule has 0 saturated heterocycles. The zero-order chi connectivity index (χ0) is 20.6. The Bertz CT molecular complexity index is 805. The molecular formula is C15H21N3O8S. The molecule has 0 fully saturated rings. The predicted octanol–water partition coefficient (Wildman–Crippen LogP) is 1.28. The lowest BCUT2D eigenvalue weighted by molar-refractivity contribution is -0.386. The van der Waals surface area contributed by atoms with Crippen molar-refractivity contribution in [3.63, 3.8) is 0 Å². The van der Waals surface area contributed by atoms with Crippen molar-refractivity contribution in [2.75, 3.05) is 26.3 Å². The lowest BCUT2D eigenvalue weighted by Gasteiger charge is -2.18. The summed E-state index contributed by atoms with van der Waals surface area (Å²) in [5.41, 5.74) is -0.618. The standard InChI is InChI=1S/C15H21N3O8S/c1-4-17(5-2)27(23,24)11-7-8-13(12(9-11)18(21)22)26-10-14(19)16-15(20)25-6-3/h7-9H,4-6,10H2,1-3H3,(H,16,19,20). The smallest absolute Gasteiger partial charge is 0.413 e. The van der Waals surface area contributed by atoms with Gasteiger partial charge in [-0.1, -0.05) is 13.8 Å². The normalized spacial score (nSPS) is 11.1. The Labute approximate surface area is 156 Å². The van der Waals surface area contributed by atoms with Gasteiger partial charge in [0.15, 0.2) is 12.4 Å². The molecule has 0 aliphatic heterocycles. The minimum absolute atomic E-state index is 0.0634. The zero-order valence-electron chi connectivity index (χ0n) is 15.1. The molecule has 150 valence electrons.